The van der Waals surface area contributed by atoms with E-state index in [-0.39, 0.29) is 30.8 Å². The molecule has 0 fully saturated rings. The van der Waals surface area contributed by atoms with Crippen LogP contribution in [-0.2, 0) is 22.9 Å². The van der Waals surface area contributed by atoms with Crippen molar-refractivity contribution >= 4 is 16.7 Å². The summed E-state index contributed by atoms with van der Waals surface area (Å²) in [6, 6.07) is 14.0. The van der Waals surface area contributed by atoms with Gasteiger partial charge in [0.25, 0.3) is 0 Å². The fourth-order valence-electron chi connectivity index (χ4n) is 5.11. The van der Waals surface area contributed by atoms with Crippen LogP contribution >= 0.6 is 0 Å². The zero-order chi connectivity index (χ0) is 18.2. The summed E-state index contributed by atoms with van der Waals surface area (Å²) in [6.07, 6.45) is 10.2. The molecule has 0 atom stereocenters. The van der Waals surface area contributed by atoms with Crippen molar-refractivity contribution in [3.05, 3.63) is 70.3 Å². The van der Waals surface area contributed by atoms with E-state index in [2.05, 4.69) is 12.1 Å². The van der Waals surface area contributed by atoms with Gasteiger partial charge in [-0.25, -0.2) is 0 Å². The third kappa shape index (κ3) is 4.23. The van der Waals surface area contributed by atoms with Gasteiger partial charge in [-0.05, 0) is 0 Å². The molecule has 0 aliphatic heterocycles. The van der Waals surface area contributed by atoms with E-state index in [1.807, 2.05) is 30.3 Å². The van der Waals surface area contributed by atoms with Gasteiger partial charge in [-0.15, -0.1) is 0 Å². The normalized spacial score (nSPS) is 18.3. The summed E-state index contributed by atoms with van der Waals surface area (Å²) in [5.41, 5.74) is 7.36. The average Bonchev–Trinajstić information content (AvgIpc) is 3.05. The summed E-state index contributed by atoms with van der Waals surface area (Å²) in [7, 11) is 0. The molecule has 5 rings (SSSR count). The molecule has 0 N–H and O–H groups in total. The van der Waals surface area contributed by atoms with Crippen LogP contribution in [-0.4, -0.2) is 5.97 Å². The van der Waals surface area contributed by atoms with Gasteiger partial charge in [0.05, 0.1) is 0 Å². The quantitative estimate of drug-likeness (QED) is 0.622. The number of carbonyl (C=O) groups is 1. The maximum atomic E-state index is 12.9. The first kappa shape index (κ1) is 22.6. The van der Waals surface area contributed by atoms with Gasteiger partial charge in [-0.1, -0.05) is 0 Å². The minimum Gasteiger partial charge on any atom is -1.00 e. The van der Waals surface area contributed by atoms with Crippen LogP contribution in [0.2, 0.25) is 4.22 Å². The van der Waals surface area contributed by atoms with Gasteiger partial charge >= 0.3 is 170 Å². The molecule has 29 heavy (non-hydrogen) atoms. The van der Waals surface area contributed by atoms with E-state index < -0.39 is 19.5 Å². The molecular formula is C24H24Cl2O2Ti. The molecule has 0 saturated heterocycles. The van der Waals surface area contributed by atoms with E-state index in [9.17, 15) is 4.79 Å². The van der Waals surface area contributed by atoms with E-state index in [1.165, 1.54) is 51.4 Å². The van der Waals surface area contributed by atoms with E-state index in [0.29, 0.717) is 9.79 Å². The molecule has 0 spiro atoms. The molecule has 3 aliphatic carbocycles. The van der Waals surface area contributed by atoms with Crippen LogP contribution in [0.25, 0.3) is 10.8 Å². The van der Waals surface area contributed by atoms with Gasteiger partial charge in [0.1, 0.15) is 0 Å². The zero-order valence-corrected chi connectivity index (χ0v) is 19.4. The molecule has 0 amide bonds. The SMILES string of the molecule is O=C([O][Ti+2][CH]1C2=C(CCCC2)C2=C1CCCC2)c1cccc2ccccc12.[Cl-].[Cl-]. The Morgan fingerprint density at radius 3 is 2.07 bits per heavy atom. The Morgan fingerprint density at radius 2 is 1.38 bits per heavy atom. The Kier molecular flexibility index (Phi) is 7.67. The summed E-state index contributed by atoms with van der Waals surface area (Å²) in [6.45, 7) is 0. The monoisotopic (exact) mass is 462 g/mol. The number of hydrogen-bond acceptors (Lipinski definition) is 2. The second kappa shape index (κ2) is 9.83. The predicted octanol–water partition coefficient (Wildman–Crippen LogP) is 0.545. The van der Waals surface area contributed by atoms with Crippen molar-refractivity contribution in [2.75, 3.05) is 0 Å². The number of rotatable bonds is 3. The topological polar surface area (TPSA) is 26.3 Å². The van der Waals surface area contributed by atoms with Crippen molar-refractivity contribution in [3.63, 3.8) is 0 Å². The first-order valence-corrected chi connectivity index (χ1v) is 11.8. The van der Waals surface area contributed by atoms with Crippen LogP contribution in [0.1, 0.15) is 61.7 Å². The summed E-state index contributed by atoms with van der Waals surface area (Å²) >= 11 is -0.818. The van der Waals surface area contributed by atoms with Crippen LogP contribution in [0, 0.1) is 0 Å². The van der Waals surface area contributed by atoms with Crippen molar-refractivity contribution in [1.82, 2.24) is 0 Å². The van der Waals surface area contributed by atoms with Gasteiger partial charge in [0.15, 0.2) is 0 Å². The fourth-order valence-corrected chi connectivity index (χ4v) is 7.07. The van der Waals surface area contributed by atoms with E-state index >= 15 is 0 Å². The average molecular weight is 463 g/mol. The summed E-state index contributed by atoms with van der Waals surface area (Å²) in [4.78, 5) is 12.9. The third-order valence-corrected chi connectivity index (χ3v) is 8.29. The van der Waals surface area contributed by atoms with Crippen LogP contribution in [0.4, 0.5) is 0 Å². The Morgan fingerprint density at radius 1 is 0.793 bits per heavy atom. The Hall–Kier alpha value is -1.06. The number of hydrogen-bond donors (Lipinski definition) is 0. The first-order valence-electron chi connectivity index (χ1n) is 10.2. The summed E-state index contributed by atoms with van der Waals surface area (Å²) in [5.74, 6) is -0.130. The van der Waals surface area contributed by atoms with Gasteiger partial charge < -0.3 is 24.8 Å². The molecule has 0 heterocycles. The molecular weight excluding hydrogens is 439 g/mol. The molecule has 2 nitrogen and oxygen atoms in total. The largest absolute Gasteiger partial charge is 1.00 e. The molecule has 0 aromatic heterocycles. The molecule has 0 unspecified atom stereocenters. The summed E-state index contributed by atoms with van der Waals surface area (Å²) < 4.78 is 6.52. The summed E-state index contributed by atoms with van der Waals surface area (Å²) in [5, 5.41) is 2.10. The second-order valence-electron chi connectivity index (χ2n) is 7.89. The maximum Gasteiger partial charge on any atom is -1.00 e. The predicted molar refractivity (Wildman–Crippen MR) is 104 cm³/mol. The number of allylic oxidation sites excluding steroid dienone is 4. The van der Waals surface area contributed by atoms with Crippen molar-refractivity contribution in [3.8, 4) is 0 Å². The second-order valence-corrected chi connectivity index (χ2v) is 9.48. The van der Waals surface area contributed by atoms with Crippen molar-refractivity contribution in [2.45, 2.75) is 55.6 Å². The van der Waals surface area contributed by atoms with E-state index in [1.54, 1.807) is 22.3 Å². The maximum absolute atomic E-state index is 12.9. The van der Waals surface area contributed by atoms with Crippen molar-refractivity contribution in [2.24, 2.45) is 0 Å². The first-order chi connectivity index (χ1) is 13.3. The Balaban J connectivity index is 0.00000120. The molecule has 3 aliphatic rings. The van der Waals surface area contributed by atoms with Crippen molar-refractivity contribution < 1.29 is 52.5 Å². The molecule has 5 heteroatoms. The molecule has 0 bridgehead atoms. The van der Waals surface area contributed by atoms with Crippen molar-refractivity contribution in [1.29, 1.82) is 0 Å². The standard InChI is InChI=1S/C13H17.C11H8O2.2ClH.Ti/c1-3-7-12-10(5-1)9-11-6-2-4-8-13(11)12;12-11(13)10-7-3-5-8-4-1-2-6-9(8)10;;;/h9H,1-8H2;1-7H,(H,12,13);2*1H;/q;;;;+3/p-3. The van der Waals surface area contributed by atoms with Gasteiger partial charge in [-0.3, -0.25) is 0 Å². The van der Waals surface area contributed by atoms with Crippen LogP contribution in [0.15, 0.2) is 64.8 Å². The third-order valence-electron chi connectivity index (χ3n) is 6.36. The van der Waals surface area contributed by atoms with Crippen LogP contribution in [0.3, 0.4) is 0 Å². The number of fused-ring (bicyclic) bond motifs is 2. The smallest absolute Gasteiger partial charge is 1.00 e. The molecule has 2 aromatic carbocycles. The molecule has 2 aromatic rings. The zero-order valence-electron chi connectivity index (χ0n) is 16.3. The molecule has 0 saturated carbocycles. The molecule has 150 valence electrons. The minimum absolute atomic E-state index is 0. The van der Waals surface area contributed by atoms with E-state index in [0.717, 1.165) is 10.8 Å². The van der Waals surface area contributed by atoms with Crippen LogP contribution in [0.5, 0.6) is 0 Å². The fraction of sp³-hybridized carbons (Fsp3) is 0.375. The van der Waals surface area contributed by atoms with Crippen LogP contribution < -0.4 is 24.8 Å². The number of halogens is 2. The Bertz CT molecular complexity index is 943. The van der Waals surface area contributed by atoms with Gasteiger partial charge in [-0.2, -0.15) is 0 Å². The number of carbonyl (C=O) groups excluding carboxylic acids is 1. The Labute approximate surface area is 194 Å². The van der Waals surface area contributed by atoms with Gasteiger partial charge in [0, 0.05) is 0 Å². The number of benzene rings is 2. The van der Waals surface area contributed by atoms with E-state index in [4.69, 9.17) is 3.32 Å². The van der Waals surface area contributed by atoms with Gasteiger partial charge in [0.2, 0.25) is 0 Å². The molecule has 0 radical (unpaired) electrons. The minimum atomic E-state index is -0.818.